The van der Waals surface area contributed by atoms with Gasteiger partial charge in [0.25, 0.3) is 0 Å². The monoisotopic (exact) mass is 402 g/mol. The van der Waals surface area contributed by atoms with E-state index in [0.29, 0.717) is 7.92 Å². The van der Waals surface area contributed by atoms with E-state index in [1.165, 1.54) is 58.1 Å². The maximum atomic E-state index is 2.17. The molecule has 0 radical (unpaired) electrons. The Labute approximate surface area is 173 Å². The molecule has 3 fully saturated rings. The largest absolute Gasteiger partial charge is 0.0971 e. The van der Waals surface area contributed by atoms with Crippen LogP contribution in [0.15, 0.2) is 30.3 Å². The van der Waals surface area contributed by atoms with E-state index in [2.05, 4.69) is 30.3 Å². The molecule has 3 aliphatic carbocycles. The molecule has 0 amide bonds. The van der Waals surface area contributed by atoms with E-state index >= 15 is 0 Å². The second-order valence-corrected chi connectivity index (χ2v) is 13.0. The minimum absolute atomic E-state index is 0.385. The molecule has 0 unspecified atom stereocenters. The van der Waals surface area contributed by atoms with Crippen molar-refractivity contribution in [1.82, 2.24) is 0 Å². The zero-order valence-electron chi connectivity index (χ0n) is 17.9. The smallest absolute Gasteiger partial charge is 0.00833 e. The molecule has 1 aromatic carbocycles. The van der Waals surface area contributed by atoms with Crippen molar-refractivity contribution in [3.8, 4) is 0 Å². The van der Waals surface area contributed by atoms with E-state index in [0.717, 1.165) is 0 Å². The van der Waals surface area contributed by atoms with Gasteiger partial charge in [0.15, 0.2) is 0 Å². The van der Waals surface area contributed by atoms with Crippen LogP contribution in [0.1, 0.15) is 102 Å². The van der Waals surface area contributed by atoms with Crippen molar-refractivity contribution in [3.63, 3.8) is 0 Å². The van der Waals surface area contributed by atoms with Gasteiger partial charge >= 0.3 is 0 Å². The number of rotatable bonds is 4. The molecule has 4 rings (SSSR count). The number of hydrogen-bond acceptors (Lipinski definition) is 0. The van der Waals surface area contributed by atoms with Gasteiger partial charge in [0.2, 0.25) is 0 Å². The lowest BCUT2D eigenvalue weighted by atomic mass is 9.99. The van der Waals surface area contributed by atoms with E-state index in [9.17, 15) is 0 Å². The lowest BCUT2D eigenvalue weighted by molar-refractivity contribution is 0.460. The summed E-state index contributed by atoms with van der Waals surface area (Å²) in [5.41, 5.74) is 5.04. The van der Waals surface area contributed by atoms with Gasteiger partial charge in [-0.3, -0.25) is 0 Å². The highest BCUT2D eigenvalue weighted by Gasteiger charge is 2.36. The molecular weight excluding hydrogens is 359 g/mol. The Morgan fingerprint density at radius 1 is 0.593 bits per heavy atom. The molecule has 0 aromatic heterocycles. The summed E-state index contributed by atoms with van der Waals surface area (Å²) in [6, 6.07) is 11.9. The average molecular weight is 403 g/mol. The summed E-state index contributed by atoms with van der Waals surface area (Å²) in [4.78, 5) is 0. The summed E-state index contributed by atoms with van der Waals surface area (Å²) in [5, 5.41) is 0. The number of hydrogen-bond donors (Lipinski definition) is 0. The lowest BCUT2D eigenvalue weighted by Gasteiger charge is -2.44. The summed E-state index contributed by atoms with van der Waals surface area (Å²) in [5.74, 6) is 0. The molecule has 152 valence electrons. The van der Waals surface area contributed by atoms with Crippen LogP contribution in [0.5, 0.6) is 0 Å². The zero-order chi connectivity index (χ0) is 18.7. The van der Waals surface area contributed by atoms with Gasteiger partial charge < -0.3 is 0 Å². The molecule has 0 atom stereocenters. The Balaban J connectivity index is 0.000000221. The van der Waals surface area contributed by atoms with E-state index in [-0.39, 0.29) is 0 Å². The third-order valence-electron chi connectivity index (χ3n) is 7.24. The summed E-state index contributed by atoms with van der Waals surface area (Å²) < 4.78 is 0. The molecule has 0 bridgehead atoms. The first kappa shape index (κ1) is 21.6. The Bertz CT molecular complexity index is 442. The van der Waals surface area contributed by atoms with Crippen LogP contribution < -0.4 is 0 Å². The summed E-state index contributed by atoms with van der Waals surface area (Å²) in [6.07, 6.45) is 23.6. The van der Waals surface area contributed by atoms with E-state index in [1.807, 2.05) is 0 Å². The summed E-state index contributed by atoms with van der Waals surface area (Å²) in [7, 11) is 1.66. The third kappa shape index (κ3) is 7.00. The first-order valence-electron chi connectivity index (χ1n) is 12.2. The van der Waals surface area contributed by atoms with Gasteiger partial charge in [-0.25, -0.2) is 0 Å². The Morgan fingerprint density at radius 3 is 1.26 bits per heavy atom. The fourth-order valence-corrected chi connectivity index (χ4v) is 10.9. The lowest BCUT2D eigenvalue weighted by Crippen LogP contribution is -2.28. The SMILES string of the molecule is C1CCC(P(C2CCCCC2)C2CCCCC2)CC1.[SiH3]Cc1ccccc1. The summed E-state index contributed by atoms with van der Waals surface area (Å²) >= 11 is 0. The van der Waals surface area contributed by atoms with Gasteiger partial charge in [0, 0.05) is 10.2 Å². The predicted molar refractivity (Wildman–Crippen MR) is 128 cm³/mol. The first-order valence-corrected chi connectivity index (χ1v) is 15.2. The van der Waals surface area contributed by atoms with Gasteiger partial charge in [0.1, 0.15) is 0 Å². The highest BCUT2D eigenvalue weighted by atomic mass is 31.1. The van der Waals surface area contributed by atoms with Gasteiger partial charge in [0.05, 0.1) is 0 Å². The first-order chi connectivity index (χ1) is 13.4. The van der Waals surface area contributed by atoms with Crippen molar-refractivity contribution in [2.45, 2.75) is 119 Å². The van der Waals surface area contributed by atoms with Crippen LogP contribution in [0.2, 0.25) is 0 Å². The van der Waals surface area contributed by atoms with Crippen molar-refractivity contribution < 1.29 is 0 Å². The Kier molecular flexibility index (Phi) is 9.93. The van der Waals surface area contributed by atoms with Crippen molar-refractivity contribution >= 4 is 18.2 Å². The van der Waals surface area contributed by atoms with Crippen molar-refractivity contribution in [1.29, 1.82) is 0 Å². The van der Waals surface area contributed by atoms with Gasteiger partial charge in [-0.1, -0.05) is 102 Å². The minimum Gasteiger partial charge on any atom is -0.0971 e. The molecule has 0 saturated heterocycles. The number of benzene rings is 1. The van der Waals surface area contributed by atoms with Gasteiger partial charge in [-0.15, -0.1) is 0 Å². The molecule has 27 heavy (non-hydrogen) atoms. The quantitative estimate of drug-likeness (QED) is 0.375. The van der Waals surface area contributed by atoms with Crippen LogP contribution in [0.25, 0.3) is 0 Å². The van der Waals surface area contributed by atoms with Crippen LogP contribution in [0.3, 0.4) is 0 Å². The van der Waals surface area contributed by atoms with Crippen LogP contribution in [0, 0.1) is 0 Å². The van der Waals surface area contributed by atoms with E-state index in [1.54, 1.807) is 77.0 Å². The fraction of sp³-hybridized carbons (Fsp3) is 0.760. The Morgan fingerprint density at radius 2 is 0.963 bits per heavy atom. The maximum absolute atomic E-state index is 2.17. The minimum atomic E-state index is 0.385. The third-order valence-corrected chi connectivity index (χ3v) is 12.1. The van der Waals surface area contributed by atoms with Crippen molar-refractivity contribution in [2.24, 2.45) is 0 Å². The highest BCUT2D eigenvalue weighted by molar-refractivity contribution is 7.60. The molecule has 2 heteroatoms. The van der Waals surface area contributed by atoms with E-state index in [4.69, 9.17) is 0 Å². The molecule has 0 heterocycles. The molecule has 0 N–H and O–H groups in total. The molecule has 0 nitrogen and oxygen atoms in total. The average Bonchev–Trinajstić information content (AvgIpc) is 2.77. The van der Waals surface area contributed by atoms with Crippen molar-refractivity contribution in [2.75, 3.05) is 0 Å². The zero-order valence-corrected chi connectivity index (χ0v) is 20.8. The maximum Gasteiger partial charge on any atom is 0.00833 e. The summed E-state index contributed by atoms with van der Waals surface area (Å²) in [6.45, 7) is 0. The van der Waals surface area contributed by atoms with E-state index < -0.39 is 0 Å². The molecule has 0 aliphatic heterocycles. The molecular formula is C25H43PSi. The van der Waals surface area contributed by atoms with Crippen LogP contribution in [0.4, 0.5) is 0 Å². The highest BCUT2D eigenvalue weighted by Crippen LogP contribution is 2.61. The van der Waals surface area contributed by atoms with Crippen LogP contribution in [-0.4, -0.2) is 27.2 Å². The van der Waals surface area contributed by atoms with Crippen LogP contribution in [-0.2, 0) is 6.04 Å². The normalized spacial score (nSPS) is 23.1. The predicted octanol–water partition coefficient (Wildman–Crippen LogP) is 7.02. The molecule has 0 spiro atoms. The second kappa shape index (κ2) is 12.4. The molecule has 3 saturated carbocycles. The van der Waals surface area contributed by atoms with Gasteiger partial charge in [-0.05, 0) is 61.5 Å². The van der Waals surface area contributed by atoms with Gasteiger partial charge in [-0.2, -0.15) is 0 Å². The second-order valence-electron chi connectivity index (χ2n) is 9.16. The fourth-order valence-electron chi connectivity index (χ4n) is 5.75. The topological polar surface area (TPSA) is 0 Å². The van der Waals surface area contributed by atoms with Crippen molar-refractivity contribution in [3.05, 3.63) is 35.9 Å². The van der Waals surface area contributed by atoms with Crippen LogP contribution >= 0.6 is 7.92 Å². The molecule has 3 aliphatic rings. The molecule has 1 aromatic rings. The standard InChI is InChI=1S/C18H33P.C7H10Si/c1-4-10-16(11-5-1)19(17-12-6-2-7-13-17)18-14-8-3-9-15-18;8-6-7-4-2-1-3-5-7/h16-18H,1-15H2;1-5H,6H2,8H3. The Hall–Kier alpha value is -0.133.